The lowest BCUT2D eigenvalue weighted by molar-refractivity contribution is 0.869. The van der Waals surface area contributed by atoms with Gasteiger partial charge in [-0.2, -0.15) is 0 Å². The van der Waals surface area contributed by atoms with Gasteiger partial charge in [-0.25, -0.2) is 0 Å². The molecule has 7 rings (SSSR count). The van der Waals surface area contributed by atoms with Gasteiger partial charge in [-0.05, 0) is 66.1 Å². The second kappa shape index (κ2) is 11.5. The minimum absolute atomic E-state index is 0.397. The summed E-state index contributed by atoms with van der Waals surface area (Å²) in [6.45, 7) is 4.55. The Balaban J connectivity index is 1.66. The van der Waals surface area contributed by atoms with Crippen molar-refractivity contribution in [1.29, 1.82) is 0 Å². The molecule has 0 amide bonds. The number of anilines is 6. The molecule has 0 aliphatic rings. The van der Waals surface area contributed by atoms with E-state index in [1.807, 2.05) is 0 Å². The maximum absolute atomic E-state index is 2.42. The topological polar surface area (TPSA) is 6.48 Å². The van der Waals surface area contributed by atoms with Gasteiger partial charge in [0.25, 0.3) is 0 Å². The van der Waals surface area contributed by atoms with E-state index < -0.39 is 0 Å². The van der Waals surface area contributed by atoms with Gasteiger partial charge in [0, 0.05) is 44.3 Å². The Hall–Kier alpha value is -5.34. The van der Waals surface area contributed by atoms with Crippen LogP contribution in [-0.2, 0) is 0 Å². The maximum Gasteiger partial charge on any atom is 0.0620 e. The zero-order chi connectivity index (χ0) is 29.2. The number of benzene rings is 7. The molecule has 7 aromatic carbocycles. The van der Waals surface area contributed by atoms with Crippen molar-refractivity contribution in [3.63, 3.8) is 0 Å². The average molecular weight is 555 g/mol. The highest BCUT2D eigenvalue weighted by Gasteiger charge is 2.25. The standard InChI is InChI=1S/C41H34N2/c1-30(2)31-27-28-38-39(29-31)41(43(34-21-11-5-12-22-34)35-23-13-6-14-24-35)37-26-16-15-25-36(37)40(38)42(32-17-7-3-8-18-32)33-19-9-4-10-20-33/h3-30H,1-2H3. The molecule has 2 nitrogen and oxygen atoms in total. The monoisotopic (exact) mass is 554 g/mol. The van der Waals surface area contributed by atoms with E-state index in [9.17, 15) is 0 Å². The van der Waals surface area contributed by atoms with Crippen LogP contribution in [0.15, 0.2) is 164 Å². The van der Waals surface area contributed by atoms with Gasteiger partial charge in [0.15, 0.2) is 0 Å². The lowest BCUT2D eigenvalue weighted by Gasteiger charge is -2.33. The van der Waals surface area contributed by atoms with E-state index in [1.54, 1.807) is 0 Å². The minimum atomic E-state index is 0.397. The summed E-state index contributed by atoms with van der Waals surface area (Å²) >= 11 is 0. The van der Waals surface area contributed by atoms with Crippen LogP contribution in [0.4, 0.5) is 34.1 Å². The van der Waals surface area contributed by atoms with Crippen LogP contribution < -0.4 is 9.80 Å². The summed E-state index contributed by atoms with van der Waals surface area (Å²) in [6.07, 6.45) is 0. The summed E-state index contributed by atoms with van der Waals surface area (Å²) in [5.41, 5.74) is 8.21. The van der Waals surface area contributed by atoms with E-state index in [0.717, 1.165) is 22.7 Å². The Morgan fingerprint density at radius 1 is 0.349 bits per heavy atom. The molecule has 0 atom stereocenters. The number of rotatable bonds is 7. The molecule has 208 valence electrons. The quantitative estimate of drug-likeness (QED) is 0.143. The van der Waals surface area contributed by atoms with Gasteiger partial charge >= 0.3 is 0 Å². The van der Waals surface area contributed by atoms with Crippen molar-refractivity contribution < 1.29 is 0 Å². The van der Waals surface area contributed by atoms with Gasteiger partial charge in [0.05, 0.1) is 11.4 Å². The van der Waals surface area contributed by atoms with Crippen LogP contribution in [0.25, 0.3) is 21.5 Å². The van der Waals surface area contributed by atoms with Gasteiger partial charge in [0.2, 0.25) is 0 Å². The molecule has 0 aromatic heterocycles. The highest BCUT2D eigenvalue weighted by Crippen LogP contribution is 2.51. The Bertz CT molecular complexity index is 1900. The fourth-order valence-corrected chi connectivity index (χ4v) is 6.11. The number of hydrogen-bond acceptors (Lipinski definition) is 2. The average Bonchev–Trinajstić information content (AvgIpc) is 3.07. The first-order valence-electron chi connectivity index (χ1n) is 15.0. The van der Waals surface area contributed by atoms with Gasteiger partial charge in [-0.3, -0.25) is 0 Å². The normalized spacial score (nSPS) is 11.2. The number of para-hydroxylation sites is 4. The Kier molecular flexibility index (Phi) is 7.10. The summed E-state index contributed by atoms with van der Waals surface area (Å²) in [7, 11) is 0. The van der Waals surface area contributed by atoms with Gasteiger partial charge in [-0.15, -0.1) is 0 Å². The van der Waals surface area contributed by atoms with Crippen molar-refractivity contribution in [2.24, 2.45) is 0 Å². The smallest absolute Gasteiger partial charge is 0.0620 e. The Labute approximate surface area is 254 Å². The lowest BCUT2D eigenvalue weighted by Crippen LogP contribution is -2.14. The SMILES string of the molecule is CC(C)c1ccc2c(N(c3ccccc3)c3ccccc3)c3ccccc3c(N(c3ccccc3)c3ccccc3)c2c1. The van der Waals surface area contributed by atoms with Crippen molar-refractivity contribution in [1.82, 2.24) is 0 Å². The number of fused-ring (bicyclic) bond motifs is 2. The molecule has 0 unspecified atom stereocenters. The van der Waals surface area contributed by atoms with Crippen LogP contribution in [0.1, 0.15) is 25.3 Å². The molecule has 2 heteroatoms. The van der Waals surface area contributed by atoms with Crippen LogP contribution in [0.2, 0.25) is 0 Å². The highest BCUT2D eigenvalue weighted by molar-refractivity contribution is 6.23. The Morgan fingerprint density at radius 2 is 0.674 bits per heavy atom. The van der Waals surface area contributed by atoms with Gasteiger partial charge < -0.3 is 9.80 Å². The predicted molar refractivity (Wildman–Crippen MR) is 185 cm³/mol. The van der Waals surface area contributed by atoms with Crippen LogP contribution in [0.3, 0.4) is 0 Å². The third kappa shape index (κ3) is 4.91. The van der Waals surface area contributed by atoms with E-state index in [-0.39, 0.29) is 0 Å². The molecule has 0 heterocycles. The maximum atomic E-state index is 2.42. The lowest BCUT2D eigenvalue weighted by atomic mass is 9.92. The van der Waals surface area contributed by atoms with Crippen molar-refractivity contribution in [2.45, 2.75) is 19.8 Å². The first-order valence-corrected chi connectivity index (χ1v) is 15.0. The molecule has 0 saturated carbocycles. The van der Waals surface area contributed by atoms with Crippen molar-refractivity contribution in [3.8, 4) is 0 Å². The molecule has 0 fully saturated rings. The third-order valence-corrected chi connectivity index (χ3v) is 8.16. The van der Waals surface area contributed by atoms with Crippen LogP contribution in [-0.4, -0.2) is 0 Å². The summed E-state index contributed by atoms with van der Waals surface area (Å²) < 4.78 is 0. The second-order valence-corrected chi connectivity index (χ2v) is 11.2. The molecule has 0 aliphatic carbocycles. The fraction of sp³-hybridized carbons (Fsp3) is 0.0732. The molecule has 0 N–H and O–H groups in total. The highest BCUT2D eigenvalue weighted by atomic mass is 15.2. The largest absolute Gasteiger partial charge is 0.309 e. The van der Waals surface area contributed by atoms with E-state index in [2.05, 4.69) is 187 Å². The first kappa shape index (κ1) is 26.6. The van der Waals surface area contributed by atoms with E-state index in [0.29, 0.717) is 5.92 Å². The molecule has 0 bridgehead atoms. The fourth-order valence-electron chi connectivity index (χ4n) is 6.11. The van der Waals surface area contributed by atoms with Crippen molar-refractivity contribution >= 4 is 55.7 Å². The van der Waals surface area contributed by atoms with Crippen molar-refractivity contribution in [2.75, 3.05) is 9.80 Å². The molecule has 0 spiro atoms. The van der Waals surface area contributed by atoms with E-state index >= 15 is 0 Å². The van der Waals surface area contributed by atoms with Crippen molar-refractivity contribution in [3.05, 3.63) is 169 Å². The molecule has 0 radical (unpaired) electrons. The minimum Gasteiger partial charge on any atom is -0.309 e. The number of nitrogens with zero attached hydrogens (tertiary/aromatic N) is 2. The van der Waals surface area contributed by atoms with Gasteiger partial charge in [0.1, 0.15) is 0 Å². The molecule has 43 heavy (non-hydrogen) atoms. The van der Waals surface area contributed by atoms with E-state index in [1.165, 1.54) is 38.5 Å². The molecular weight excluding hydrogens is 520 g/mol. The zero-order valence-corrected chi connectivity index (χ0v) is 24.6. The summed E-state index contributed by atoms with van der Waals surface area (Å²) in [5.74, 6) is 0.397. The molecule has 0 saturated heterocycles. The summed E-state index contributed by atoms with van der Waals surface area (Å²) in [5, 5.41) is 4.84. The zero-order valence-electron chi connectivity index (χ0n) is 24.6. The van der Waals surface area contributed by atoms with Crippen LogP contribution in [0, 0.1) is 0 Å². The van der Waals surface area contributed by atoms with E-state index in [4.69, 9.17) is 0 Å². The van der Waals surface area contributed by atoms with Gasteiger partial charge in [-0.1, -0.05) is 123 Å². The molecule has 0 aliphatic heterocycles. The summed E-state index contributed by atoms with van der Waals surface area (Å²) in [6, 6.07) is 58.8. The van der Waals surface area contributed by atoms with Crippen LogP contribution >= 0.6 is 0 Å². The second-order valence-electron chi connectivity index (χ2n) is 11.2. The Morgan fingerprint density at radius 3 is 1.05 bits per heavy atom. The summed E-state index contributed by atoms with van der Waals surface area (Å²) in [4.78, 5) is 4.84. The first-order chi connectivity index (χ1) is 21.2. The third-order valence-electron chi connectivity index (χ3n) is 8.16. The number of hydrogen-bond donors (Lipinski definition) is 0. The predicted octanol–water partition coefficient (Wildman–Crippen LogP) is 12.1. The molecular formula is C41H34N2. The van der Waals surface area contributed by atoms with Crippen LogP contribution in [0.5, 0.6) is 0 Å². The molecule has 7 aromatic rings.